The molecule has 7 heteroatoms. The normalized spacial score (nSPS) is 12.3. The van der Waals surface area contributed by atoms with Crippen LogP contribution in [-0.2, 0) is 11.3 Å². The molecule has 31 heavy (non-hydrogen) atoms. The molecule has 6 nitrogen and oxygen atoms in total. The third-order valence-electron chi connectivity index (χ3n) is 4.79. The van der Waals surface area contributed by atoms with E-state index in [9.17, 15) is 4.79 Å². The van der Waals surface area contributed by atoms with Gasteiger partial charge in [0.25, 0.3) is 5.91 Å². The van der Waals surface area contributed by atoms with Crippen molar-refractivity contribution in [1.82, 2.24) is 15.2 Å². The molecular formula is C24H25N3O3S. The van der Waals surface area contributed by atoms with Crippen LogP contribution in [0.3, 0.4) is 0 Å². The zero-order chi connectivity index (χ0) is 21.8. The van der Waals surface area contributed by atoms with Gasteiger partial charge in [-0.3, -0.25) is 4.79 Å². The van der Waals surface area contributed by atoms with Gasteiger partial charge in [-0.05, 0) is 63.5 Å². The number of hydrogen-bond acceptors (Lipinski definition) is 6. The van der Waals surface area contributed by atoms with Crippen molar-refractivity contribution < 1.29 is 13.9 Å². The molecule has 0 fully saturated rings. The van der Waals surface area contributed by atoms with Crippen LogP contribution in [0, 0.1) is 0 Å². The number of carbonyl (C=O) groups is 1. The molecule has 0 saturated heterocycles. The van der Waals surface area contributed by atoms with Crippen LogP contribution in [0.5, 0.6) is 5.75 Å². The molecular weight excluding hydrogens is 410 g/mol. The minimum absolute atomic E-state index is 0.0635. The molecule has 2 aromatic carbocycles. The number of ether oxygens (including phenoxy) is 1. The molecule has 160 valence electrons. The molecule has 1 atom stereocenters. The van der Waals surface area contributed by atoms with Crippen molar-refractivity contribution in [2.75, 3.05) is 20.7 Å². The van der Waals surface area contributed by atoms with Crippen molar-refractivity contribution >= 4 is 27.5 Å². The first kappa shape index (κ1) is 21.1. The molecule has 2 heterocycles. The second-order valence-electron chi connectivity index (χ2n) is 7.64. The van der Waals surface area contributed by atoms with E-state index in [1.165, 1.54) is 0 Å². The van der Waals surface area contributed by atoms with Crippen molar-refractivity contribution in [3.63, 3.8) is 0 Å². The van der Waals surface area contributed by atoms with Gasteiger partial charge in [-0.15, -0.1) is 11.3 Å². The lowest BCUT2D eigenvalue weighted by molar-refractivity contribution is -0.123. The van der Waals surface area contributed by atoms with E-state index in [1.807, 2.05) is 57.4 Å². The van der Waals surface area contributed by atoms with E-state index in [0.717, 1.165) is 26.4 Å². The van der Waals surface area contributed by atoms with Gasteiger partial charge in [-0.1, -0.05) is 12.1 Å². The SMILES string of the molecule is C[C@@H](NC(=O)COc1ccc(-c2nc3ccccc3s2)cc1CN(C)C)c1ccco1. The van der Waals surface area contributed by atoms with Crippen LogP contribution in [0.25, 0.3) is 20.8 Å². The Kier molecular flexibility index (Phi) is 6.34. The van der Waals surface area contributed by atoms with E-state index < -0.39 is 0 Å². The van der Waals surface area contributed by atoms with Crippen LogP contribution < -0.4 is 10.1 Å². The van der Waals surface area contributed by atoms with Gasteiger partial charge in [0.2, 0.25) is 0 Å². The number of nitrogens with one attached hydrogen (secondary N) is 1. The summed E-state index contributed by atoms with van der Waals surface area (Å²) in [5.41, 5.74) is 3.05. The fraction of sp³-hybridized carbons (Fsp3) is 0.250. The second kappa shape index (κ2) is 9.32. The number of hydrogen-bond donors (Lipinski definition) is 1. The monoisotopic (exact) mass is 435 g/mol. The lowest BCUT2D eigenvalue weighted by atomic mass is 10.1. The van der Waals surface area contributed by atoms with Crippen LogP contribution in [-0.4, -0.2) is 36.5 Å². The molecule has 0 aliphatic rings. The fourth-order valence-corrected chi connectivity index (χ4v) is 4.31. The van der Waals surface area contributed by atoms with Crippen molar-refractivity contribution in [3.8, 4) is 16.3 Å². The number of aromatic nitrogens is 1. The summed E-state index contributed by atoms with van der Waals surface area (Å²) in [6, 6.07) is 17.6. The first-order chi connectivity index (χ1) is 15.0. The number of nitrogens with zero attached hydrogens (tertiary/aromatic N) is 2. The molecule has 0 unspecified atom stereocenters. The zero-order valence-electron chi connectivity index (χ0n) is 17.8. The quantitative estimate of drug-likeness (QED) is 0.427. The molecule has 0 spiro atoms. The van der Waals surface area contributed by atoms with Crippen molar-refractivity contribution in [3.05, 3.63) is 72.2 Å². The van der Waals surface area contributed by atoms with E-state index >= 15 is 0 Å². The van der Waals surface area contributed by atoms with Gasteiger partial charge < -0.3 is 19.4 Å². The Morgan fingerprint density at radius 3 is 2.77 bits per heavy atom. The van der Waals surface area contributed by atoms with Gasteiger partial charge in [0.1, 0.15) is 16.5 Å². The minimum Gasteiger partial charge on any atom is -0.483 e. The highest BCUT2D eigenvalue weighted by atomic mass is 32.1. The Bertz CT molecular complexity index is 1140. The smallest absolute Gasteiger partial charge is 0.258 e. The number of benzene rings is 2. The Morgan fingerprint density at radius 2 is 2.03 bits per heavy atom. The van der Waals surface area contributed by atoms with Gasteiger partial charge in [-0.2, -0.15) is 0 Å². The lowest BCUT2D eigenvalue weighted by Crippen LogP contribution is -2.31. The highest BCUT2D eigenvalue weighted by molar-refractivity contribution is 7.21. The number of amides is 1. The van der Waals surface area contributed by atoms with Gasteiger partial charge >= 0.3 is 0 Å². The predicted octanol–water partition coefficient (Wildman–Crippen LogP) is 4.87. The molecule has 0 aliphatic carbocycles. The molecule has 4 rings (SSSR count). The van der Waals surface area contributed by atoms with Crippen LogP contribution >= 0.6 is 11.3 Å². The van der Waals surface area contributed by atoms with Gasteiger partial charge in [0, 0.05) is 17.7 Å². The lowest BCUT2D eigenvalue weighted by Gasteiger charge is -2.17. The maximum atomic E-state index is 12.3. The molecule has 2 aromatic heterocycles. The summed E-state index contributed by atoms with van der Waals surface area (Å²) in [5.74, 6) is 1.20. The average Bonchev–Trinajstić information content (AvgIpc) is 3.42. The minimum atomic E-state index is -0.214. The molecule has 0 bridgehead atoms. The van der Waals surface area contributed by atoms with Crippen molar-refractivity contribution in [1.29, 1.82) is 0 Å². The fourth-order valence-electron chi connectivity index (χ4n) is 3.35. The highest BCUT2D eigenvalue weighted by Gasteiger charge is 2.15. The van der Waals surface area contributed by atoms with E-state index in [1.54, 1.807) is 23.7 Å². The van der Waals surface area contributed by atoms with Crippen LogP contribution in [0.4, 0.5) is 0 Å². The molecule has 1 N–H and O–H groups in total. The topological polar surface area (TPSA) is 67.6 Å². The van der Waals surface area contributed by atoms with Gasteiger partial charge in [0.05, 0.1) is 22.5 Å². The van der Waals surface area contributed by atoms with E-state index in [2.05, 4.69) is 22.3 Å². The number of furan rings is 1. The first-order valence-electron chi connectivity index (χ1n) is 10.1. The van der Waals surface area contributed by atoms with Crippen LogP contribution in [0.1, 0.15) is 24.3 Å². The van der Waals surface area contributed by atoms with Gasteiger partial charge in [0.15, 0.2) is 6.61 Å². The number of rotatable bonds is 8. The summed E-state index contributed by atoms with van der Waals surface area (Å²) < 4.78 is 12.4. The van der Waals surface area contributed by atoms with Gasteiger partial charge in [-0.25, -0.2) is 4.98 Å². The summed E-state index contributed by atoms with van der Waals surface area (Å²) in [4.78, 5) is 19.2. The highest BCUT2D eigenvalue weighted by Crippen LogP contribution is 2.33. The van der Waals surface area contributed by atoms with Crippen molar-refractivity contribution in [2.45, 2.75) is 19.5 Å². The Morgan fingerprint density at radius 1 is 1.19 bits per heavy atom. The summed E-state index contributed by atoms with van der Waals surface area (Å²) in [6.45, 7) is 2.51. The third-order valence-corrected chi connectivity index (χ3v) is 5.88. The third kappa shape index (κ3) is 5.13. The average molecular weight is 436 g/mol. The molecule has 0 aliphatic heterocycles. The summed E-state index contributed by atoms with van der Waals surface area (Å²) in [6.07, 6.45) is 1.59. The first-order valence-corrected chi connectivity index (χ1v) is 10.9. The standard InChI is InChI=1S/C24H25N3O3S/c1-16(20-8-6-12-29-20)25-23(28)15-30-21-11-10-17(13-18(21)14-27(2)3)24-26-19-7-4-5-9-22(19)31-24/h4-13,16H,14-15H2,1-3H3,(H,25,28)/t16-/m1/s1. The van der Waals surface area contributed by atoms with Crippen molar-refractivity contribution in [2.24, 2.45) is 0 Å². The molecule has 0 radical (unpaired) electrons. The van der Waals surface area contributed by atoms with E-state index in [4.69, 9.17) is 14.1 Å². The zero-order valence-corrected chi connectivity index (χ0v) is 18.6. The van der Waals surface area contributed by atoms with Crippen LogP contribution in [0.2, 0.25) is 0 Å². The molecule has 1 amide bonds. The Labute approximate surface area is 185 Å². The van der Waals surface area contributed by atoms with E-state index in [-0.39, 0.29) is 18.6 Å². The Balaban J connectivity index is 1.49. The second-order valence-corrected chi connectivity index (χ2v) is 8.67. The summed E-state index contributed by atoms with van der Waals surface area (Å²) in [5, 5.41) is 3.86. The van der Waals surface area contributed by atoms with E-state index in [0.29, 0.717) is 18.1 Å². The summed E-state index contributed by atoms with van der Waals surface area (Å²) in [7, 11) is 4.01. The summed E-state index contributed by atoms with van der Waals surface area (Å²) >= 11 is 1.67. The maximum absolute atomic E-state index is 12.3. The molecule has 0 saturated carbocycles. The van der Waals surface area contributed by atoms with Crippen LogP contribution in [0.15, 0.2) is 65.3 Å². The number of fused-ring (bicyclic) bond motifs is 1. The number of thiazole rings is 1. The molecule has 4 aromatic rings. The Hall–Kier alpha value is -3.16. The largest absolute Gasteiger partial charge is 0.483 e. The maximum Gasteiger partial charge on any atom is 0.258 e. The predicted molar refractivity (Wildman–Crippen MR) is 123 cm³/mol. The number of carbonyl (C=O) groups excluding carboxylic acids is 1. The number of para-hydroxylation sites is 1.